The number of nitrogens with one attached hydrogen (secondary N) is 1. The summed E-state index contributed by atoms with van der Waals surface area (Å²) in [4.78, 5) is 0. The lowest BCUT2D eigenvalue weighted by molar-refractivity contribution is 0.0671. The van der Waals surface area contributed by atoms with Gasteiger partial charge in [0.1, 0.15) is 17.1 Å². The maximum Gasteiger partial charge on any atom is 0.128 e. The molecule has 4 nitrogen and oxygen atoms in total. The fraction of sp³-hybridized carbons (Fsp3) is 0.647. The lowest BCUT2D eigenvalue weighted by atomic mass is 9.90. The minimum Gasteiger partial charge on any atom is -0.493 e. The quantitative estimate of drug-likeness (QED) is 0.783. The molecule has 1 atom stereocenters. The Morgan fingerprint density at radius 2 is 2.05 bits per heavy atom. The van der Waals surface area contributed by atoms with Crippen LogP contribution in [-0.2, 0) is 4.74 Å². The molecule has 0 radical (unpaired) electrons. The molecule has 0 spiro atoms. The number of methoxy groups -OCH3 is 1. The Hall–Kier alpha value is -1.26. The number of unbranched alkanes of at least 4 members (excludes halogenated alkanes) is 1. The van der Waals surface area contributed by atoms with E-state index >= 15 is 0 Å². The van der Waals surface area contributed by atoms with Crippen molar-refractivity contribution < 1.29 is 14.2 Å². The second-order valence-electron chi connectivity index (χ2n) is 6.16. The second kappa shape index (κ2) is 7.14. The van der Waals surface area contributed by atoms with E-state index in [0.29, 0.717) is 12.6 Å². The Bertz CT molecular complexity index is 459. The smallest absolute Gasteiger partial charge is 0.128 e. The van der Waals surface area contributed by atoms with E-state index in [1.165, 1.54) is 5.56 Å². The highest BCUT2D eigenvalue weighted by molar-refractivity contribution is 5.44. The van der Waals surface area contributed by atoms with Crippen molar-refractivity contribution in [1.82, 2.24) is 5.32 Å². The fourth-order valence-electron chi connectivity index (χ4n) is 2.72. The zero-order chi connectivity index (χ0) is 15.3. The Kier molecular flexibility index (Phi) is 5.48. The summed E-state index contributed by atoms with van der Waals surface area (Å²) < 4.78 is 16.9. The molecule has 0 aromatic heterocycles. The molecule has 1 aliphatic rings. The fourth-order valence-corrected chi connectivity index (χ4v) is 2.72. The van der Waals surface area contributed by atoms with Gasteiger partial charge in [0, 0.05) is 37.8 Å². The number of rotatable bonds is 7. The third-order valence-corrected chi connectivity index (χ3v) is 3.80. The highest BCUT2D eigenvalue weighted by Gasteiger charge is 2.33. The van der Waals surface area contributed by atoms with Crippen LogP contribution in [0.1, 0.15) is 44.7 Å². The molecule has 0 fully saturated rings. The van der Waals surface area contributed by atoms with Crippen LogP contribution in [-0.4, -0.2) is 33.0 Å². The van der Waals surface area contributed by atoms with Crippen molar-refractivity contribution >= 4 is 0 Å². The number of ether oxygens (including phenoxy) is 3. The monoisotopic (exact) mass is 293 g/mol. The van der Waals surface area contributed by atoms with Gasteiger partial charge in [-0.05, 0) is 39.8 Å². The van der Waals surface area contributed by atoms with Crippen molar-refractivity contribution in [2.45, 2.75) is 44.8 Å². The molecule has 0 saturated heterocycles. The SMILES string of the molecule is CNC1CC(C)(C)Oc2cc(OCCCCOC)ccc21. The zero-order valence-electron chi connectivity index (χ0n) is 13.6. The van der Waals surface area contributed by atoms with E-state index in [4.69, 9.17) is 14.2 Å². The summed E-state index contributed by atoms with van der Waals surface area (Å²) in [6.07, 6.45) is 2.98. The van der Waals surface area contributed by atoms with Crippen LogP contribution in [0.2, 0.25) is 0 Å². The average Bonchev–Trinajstić information content (AvgIpc) is 2.44. The van der Waals surface area contributed by atoms with Crippen molar-refractivity contribution in [3.63, 3.8) is 0 Å². The van der Waals surface area contributed by atoms with Crippen LogP contribution in [0.4, 0.5) is 0 Å². The van der Waals surface area contributed by atoms with Gasteiger partial charge in [-0.15, -0.1) is 0 Å². The summed E-state index contributed by atoms with van der Waals surface area (Å²) in [5.41, 5.74) is 1.06. The zero-order valence-corrected chi connectivity index (χ0v) is 13.6. The lowest BCUT2D eigenvalue weighted by Gasteiger charge is -2.37. The van der Waals surface area contributed by atoms with Gasteiger partial charge in [0.25, 0.3) is 0 Å². The van der Waals surface area contributed by atoms with Crippen LogP contribution < -0.4 is 14.8 Å². The molecule has 1 aromatic carbocycles. The van der Waals surface area contributed by atoms with E-state index < -0.39 is 0 Å². The first kappa shape index (κ1) is 16.1. The molecule has 1 heterocycles. The number of hydrogen-bond donors (Lipinski definition) is 1. The molecule has 1 aliphatic heterocycles. The van der Waals surface area contributed by atoms with E-state index in [9.17, 15) is 0 Å². The summed E-state index contributed by atoms with van der Waals surface area (Å²) in [7, 11) is 3.72. The molecule has 1 N–H and O–H groups in total. The van der Waals surface area contributed by atoms with Gasteiger partial charge in [0.05, 0.1) is 6.61 Å². The standard InChI is InChI=1S/C17H27NO3/c1-17(2)12-15(18-3)14-8-7-13(11-16(14)21-17)20-10-6-5-9-19-4/h7-8,11,15,18H,5-6,9-10,12H2,1-4H3. The largest absolute Gasteiger partial charge is 0.493 e. The van der Waals surface area contributed by atoms with Crippen molar-refractivity contribution in [3.05, 3.63) is 23.8 Å². The molecular formula is C17H27NO3. The van der Waals surface area contributed by atoms with E-state index in [1.54, 1.807) is 7.11 Å². The molecule has 0 aliphatic carbocycles. The third kappa shape index (κ3) is 4.35. The van der Waals surface area contributed by atoms with Crippen LogP contribution in [0.25, 0.3) is 0 Å². The van der Waals surface area contributed by atoms with E-state index in [2.05, 4.69) is 25.2 Å². The highest BCUT2D eigenvalue weighted by Crippen LogP contribution is 2.40. The normalized spacial score (nSPS) is 19.7. The third-order valence-electron chi connectivity index (χ3n) is 3.80. The average molecular weight is 293 g/mol. The Morgan fingerprint density at radius 1 is 1.29 bits per heavy atom. The lowest BCUT2D eigenvalue weighted by Crippen LogP contribution is -2.38. The number of benzene rings is 1. The van der Waals surface area contributed by atoms with E-state index in [-0.39, 0.29) is 5.60 Å². The summed E-state index contributed by atoms with van der Waals surface area (Å²) in [5.74, 6) is 1.80. The first-order chi connectivity index (χ1) is 10.1. The van der Waals surface area contributed by atoms with Gasteiger partial charge in [0.15, 0.2) is 0 Å². The van der Waals surface area contributed by atoms with Crippen molar-refractivity contribution in [1.29, 1.82) is 0 Å². The predicted octanol–water partition coefficient (Wildman–Crippen LogP) is 3.31. The minimum absolute atomic E-state index is 0.155. The molecule has 0 amide bonds. The topological polar surface area (TPSA) is 39.7 Å². The first-order valence-corrected chi connectivity index (χ1v) is 7.68. The maximum absolute atomic E-state index is 6.10. The number of hydrogen-bond acceptors (Lipinski definition) is 4. The summed E-state index contributed by atoms with van der Waals surface area (Å²) in [5, 5.41) is 3.37. The molecule has 0 bridgehead atoms. The second-order valence-corrected chi connectivity index (χ2v) is 6.16. The summed E-state index contributed by atoms with van der Waals surface area (Å²) in [6, 6.07) is 6.48. The highest BCUT2D eigenvalue weighted by atomic mass is 16.5. The van der Waals surface area contributed by atoms with E-state index in [0.717, 1.165) is 37.4 Å². The van der Waals surface area contributed by atoms with Crippen LogP contribution >= 0.6 is 0 Å². The Morgan fingerprint density at radius 3 is 2.76 bits per heavy atom. The molecule has 0 saturated carbocycles. The molecule has 1 aromatic rings. The van der Waals surface area contributed by atoms with Crippen molar-refractivity contribution in [3.8, 4) is 11.5 Å². The predicted molar refractivity (Wildman–Crippen MR) is 84.2 cm³/mol. The van der Waals surface area contributed by atoms with Crippen molar-refractivity contribution in [2.24, 2.45) is 0 Å². The van der Waals surface area contributed by atoms with Crippen LogP contribution in [0.5, 0.6) is 11.5 Å². The van der Waals surface area contributed by atoms with Crippen LogP contribution in [0.15, 0.2) is 18.2 Å². The molecule has 2 rings (SSSR count). The van der Waals surface area contributed by atoms with Gasteiger partial charge in [-0.3, -0.25) is 0 Å². The van der Waals surface area contributed by atoms with Gasteiger partial charge >= 0.3 is 0 Å². The molecule has 118 valence electrons. The minimum atomic E-state index is -0.155. The molecule has 1 unspecified atom stereocenters. The Labute approximate surface area is 127 Å². The molecule has 21 heavy (non-hydrogen) atoms. The van der Waals surface area contributed by atoms with Crippen LogP contribution in [0.3, 0.4) is 0 Å². The van der Waals surface area contributed by atoms with Crippen molar-refractivity contribution in [2.75, 3.05) is 27.4 Å². The van der Waals surface area contributed by atoms with Gasteiger partial charge in [0.2, 0.25) is 0 Å². The molecular weight excluding hydrogens is 266 g/mol. The van der Waals surface area contributed by atoms with E-state index in [1.807, 2.05) is 19.2 Å². The number of fused-ring (bicyclic) bond motifs is 1. The van der Waals surface area contributed by atoms with Gasteiger partial charge in [-0.25, -0.2) is 0 Å². The summed E-state index contributed by atoms with van der Waals surface area (Å²) in [6.45, 7) is 5.74. The summed E-state index contributed by atoms with van der Waals surface area (Å²) >= 11 is 0. The maximum atomic E-state index is 6.10. The first-order valence-electron chi connectivity index (χ1n) is 7.68. The van der Waals surface area contributed by atoms with Gasteiger partial charge < -0.3 is 19.5 Å². The van der Waals surface area contributed by atoms with Gasteiger partial charge in [-0.2, -0.15) is 0 Å². The Balaban J connectivity index is 2.01. The van der Waals surface area contributed by atoms with Gasteiger partial charge in [-0.1, -0.05) is 6.07 Å². The molecule has 4 heteroatoms. The van der Waals surface area contributed by atoms with Crippen LogP contribution in [0, 0.1) is 0 Å².